The number of hydrogen-bond donors (Lipinski definition) is 0. The third kappa shape index (κ3) is 1.14. The molecule has 4 heteroatoms. The SMILES string of the molecule is CCc1ccc2ncc(C#N)n2n1. The van der Waals surface area contributed by atoms with Gasteiger partial charge in [-0.15, -0.1) is 0 Å². The fourth-order valence-corrected chi connectivity index (χ4v) is 1.18. The molecule has 0 aliphatic rings. The maximum absolute atomic E-state index is 8.74. The second kappa shape index (κ2) is 2.87. The van der Waals surface area contributed by atoms with Crippen LogP contribution >= 0.6 is 0 Å². The number of nitriles is 1. The van der Waals surface area contributed by atoms with Crippen molar-refractivity contribution in [1.82, 2.24) is 14.6 Å². The zero-order valence-corrected chi connectivity index (χ0v) is 7.23. The second-order valence-electron chi connectivity index (χ2n) is 2.70. The van der Waals surface area contributed by atoms with Crippen LogP contribution < -0.4 is 0 Å². The molecule has 2 rings (SSSR count). The summed E-state index contributed by atoms with van der Waals surface area (Å²) in [5.41, 5.74) is 2.15. The van der Waals surface area contributed by atoms with Crippen LogP contribution in [-0.4, -0.2) is 14.6 Å². The lowest BCUT2D eigenvalue weighted by atomic mass is 10.3. The molecule has 2 heterocycles. The van der Waals surface area contributed by atoms with Crippen LogP contribution in [0.25, 0.3) is 5.65 Å². The maximum Gasteiger partial charge on any atom is 0.162 e. The van der Waals surface area contributed by atoms with Gasteiger partial charge in [0.15, 0.2) is 11.3 Å². The molecule has 0 aromatic carbocycles. The van der Waals surface area contributed by atoms with Crippen LogP contribution in [0, 0.1) is 11.3 Å². The summed E-state index contributed by atoms with van der Waals surface area (Å²) in [6.45, 7) is 2.02. The van der Waals surface area contributed by atoms with Gasteiger partial charge in [0.2, 0.25) is 0 Å². The zero-order valence-electron chi connectivity index (χ0n) is 7.23. The molecule has 64 valence electrons. The summed E-state index contributed by atoms with van der Waals surface area (Å²) in [6, 6.07) is 5.83. The van der Waals surface area contributed by atoms with Gasteiger partial charge in [0, 0.05) is 0 Å². The van der Waals surface area contributed by atoms with Crippen LogP contribution in [0.15, 0.2) is 18.3 Å². The second-order valence-corrected chi connectivity index (χ2v) is 2.70. The van der Waals surface area contributed by atoms with Crippen LogP contribution in [0.1, 0.15) is 18.3 Å². The molecule has 0 atom stereocenters. The van der Waals surface area contributed by atoms with E-state index >= 15 is 0 Å². The summed E-state index contributed by atoms with van der Waals surface area (Å²) in [4.78, 5) is 4.04. The number of fused-ring (bicyclic) bond motifs is 1. The standard InChI is InChI=1S/C9H8N4/c1-2-7-3-4-9-11-6-8(5-10)13(9)12-7/h3-4,6H,2H2,1H3. The summed E-state index contributed by atoms with van der Waals surface area (Å²) in [7, 11) is 0. The Morgan fingerprint density at radius 2 is 2.38 bits per heavy atom. The van der Waals surface area contributed by atoms with Gasteiger partial charge in [-0.05, 0) is 18.6 Å². The third-order valence-corrected chi connectivity index (χ3v) is 1.89. The van der Waals surface area contributed by atoms with Crippen LogP contribution in [0.2, 0.25) is 0 Å². The smallest absolute Gasteiger partial charge is 0.162 e. The van der Waals surface area contributed by atoms with E-state index in [2.05, 4.69) is 10.1 Å². The number of aromatic nitrogens is 3. The quantitative estimate of drug-likeness (QED) is 0.648. The summed E-state index contributed by atoms with van der Waals surface area (Å²) < 4.78 is 1.57. The van der Waals surface area contributed by atoms with Crippen molar-refractivity contribution in [2.75, 3.05) is 0 Å². The highest BCUT2D eigenvalue weighted by Crippen LogP contribution is 2.04. The van der Waals surface area contributed by atoms with Gasteiger partial charge in [0.1, 0.15) is 6.07 Å². The van der Waals surface area contributed by atoms with Gasteiger partial charge in [0.25, 0.3) is 0 Å². The highest BCUT2D eigenvalue weighted by Gasteiger charge is 2.02. The molecule has 13 heavy (non-hydrogen) atoms. The van der Waals surface area contributed by atoms with E-state index in [9.17, 15) is 0 Å². The van der Waals surface area contributed by atoms with Crippen LogP contribution in [0.5, 0.6) is 0 Å². The van der Waals surface area contributed by atoms with E-state index < -0.39 is 0 Å². The highest BCUT2D eigenvalue weighted by molar-refractivity contribution is 5.41. The van der Waals surface area contributed by atoms with Gasteiger partial charge in [-0.1, -0.05) is 6.92 Å². The third-order valence-electron chi connectivity index (χ3n) is 1.89. The topological polar surface area (TPSA) is 54.0 Å². The Bertz CT molecular complexity index is 478. The van der Waals surface area contributed by atoms with Crippen LogP contribution in [-0.2, 0) is 6.42 Å². The molecule has 4 nitrogen and oxygen atoms in total. The van der Waals surface area contributed by atoms with E-state index in [-0.39, 0.29) is 0 Å². The van der Waals surface area contributed by atoms with Crippen LogP contribution in [0.4, 0.5) is 0 Å². The summed E-state index contributed by atoms with van der Waals surface area (Å²) >= 11 is 0. The lowest BCUT2D eigenvalue weighted by Crippen LogP contribution is -1.98. The van der Waals surface area contributed by atoms with Crippen molar-refractivity contribution in [3.05, 3.63) is 29.7 Å². The number of nitrogens with zero attached hydrogens (tertiary/aromatic N) is 4. The predicted octanol–water partition coefficient (Wildman–Crippen LogP) is 1.16. The molecule has 2 aromatic rings. The van der Waals surface area contributed by atoms with Gasteiger partial charge in [-0.2, -0.15) is 10.4 Å². The Labute approximate surface area is 75.4 Å². The van der Waals surface area contributed by atoms with Gasteiger partial charge in [-0.25, -0.2) is 9.50 Å². The summed E-state index contributed by atoms with van der Waals surface area (Å²) in [5, 5.41) is 13.0. The van der Waals surface area contributed by atoms with Crippen molar-refractivity contribution in [2.45, 2.75) is 13.3 Å². The largest absolute Gasteiger partial charge is 0.234 e. The predicted molar refractivity (Wildman–Crippen MR) is 47.1 cm³/mol. The van der Waals surface area contributed by atoms with Gasteiger partial charge in [0.05, 0.1) is 11.9 Å². The number of imidazole rings is 1. The Morgan fingerprint density at radius 1 is 1.54 bits per heavy atom. The van der Waals surface area contributed by atoms with E-state index in [1.54, 1.807) is 4.52 Å². The van der Waals surface area contributed by atoms with Gasteiger partial charge >= 0.3 is 0 Å². The number of rotatable bonds is 1. The van der Waals surface area contributed by atoms with Crippen molar-refractivity contribution in [3.63, 3.8) is 0 Å². The molecule has 0 spiro atoms. The van der Waals surface area contributed by atoms with Crippen molar-refractivity contribution < 1.29 is 0 Å². The number of hydrogen-bond acceptors (Lipinski definition) is 3. The molecule has 2 aromatic heterocycles. The van der Waals surface area contributed by atoms with Crippen molar-refractivity contribution in [2.24, 2.45) is 0 Å². The Hall–Kier alpha value is -1.89. The van der Waals surface area contributed by atoms with Crippen molar-refractivity contribution in [1.29, 1.82) is 5.26 Å². The minimum Gasteiger partial charge on any atom is -0.234 e. The Balaban J connectivity index is 2.73. The first kappa shape index (κ1) is 7.74. The molecular formula is C9H8N4. The summed E-state index contributed by atoms with van der Waals surface area (Å²) in [5.74, 6) is 0. The minimum atomic E-state index is 0.477. The molecule has 0 aliphatic heterocycles. The average Bonchev–Trinajstić information content (AvgIpc) is 2.59. The highest BCUT2D eigenvalue weighted by atomic mass is 15.3. The molecule has 0 bridgehead atoms. The first-order chi connectivity index (χ1) is 6.35. The zero-order chi connectivity index (χ0) is 9.26. The fourth-order valence-electron chi connectivity index (χ4n) is 1.18. The van der Waals surface area contributed by atoms with Gasteiger partial charge < -0.3 is 0 Å². The minimum absolute atomic E-state index is 0.477. The Kier molecular flexibility index (Phi) is 1.71. The van der Waals surface area contributed by atoms with Crippen molar-refractivity contribution in [3.8, 4) is 6.07 Å². The van der Waals surface area contributed by atoms with Crippen molar-refractivity contribution >= 4 is 5.65 Å². The summed E-state index contributed by atoms with van der Waals surface area (Å²) in [6.07, 6.45) is 2.39. The normalized spacial score (nSPS) is 10.2. The molecule has 0 radical (unpaired) electrons. The monoisotopic (exact) mass is 172 g/mol. The molecule has 0 saturated heterocycles. The van der Waals surface area contributed by atoms with E-state index in [0.29, 0.717) is 11.3 Å². The fraction of sp³-hybridized carbons (Fsp3) is 0.222. The van der Waals surface area contributed by atoms with Crippen LogP contribution in [0.3, 0.4) is 0 Å². The molecule has 0 saturated carbocycles. The molecule has 0 fully saturated rings. The van der Waals surface area contributed by atoms with E-state index in [4.69, 9.17) is 5.26 Å². The first-order valence-electron chi connectivity index (χ1n) is 4.09. The number of aryl methyl sites for hydroxylation is 1. The van der Waals surface area contributed by atoms with E-state index in [1.807, 2.05) is 25.1 Å². The molecule has 0 amide bonds. The van der Waals surface area contributed by atoms with E-state index in [1.165, 1.54) is 6.20 Å². The molecular weight excluding hydrogens is 164 g/mol. The maximum atomic E-state index is 8.74. The molecule has 0 N–H and O–H groups in total. The van der Waals surface area contributed by atoms with E-state index in [0.717, 1.165) is 12.1 Å². The first-order valence-corrected chi connectivity index (χ1v) is 4.09. The lowest BCUT2D eigenvalue weighted by Gasteiger charge is -1.96. The van der Waals surface area contributed by atoms with Gasteiger partial charge in [-0.3, -0.25) is 0 Å². The average molecular weight is 172 g/mol. The molecule has 0 aliphatic carbocycles. The molecule has 0 unspecified atom stereocenters. The Morgan fingerprint density at radius 3 is 3.08 bits per heavy atom. The lowest BCUT2D eigenvalue weighted by molar-refractivity contribution is 0.853.